The second-order valence-electron chi connectivity index (χ2n) is 3.92. The average Bonchev–Trinajstić information content (AvgIpc) is 2.31. The number of rotatable bonds is 5. The maximum atomic E-state index is 11.4. The minimum Gasteiger partial charge on any atom is -0.354 e. The van der Waals surface area contributed by atoms with Crippen LogP contribution in [0.25, 0.3) is 0 Å². The van der Waals surface area contributed by atoms with Crippen molar-refractivity contribution in [2.24, 2.45) is 5.73 Å². The molecule has 0 bridgehead atoms. The second kappa shape index (κ2) is 6.86. The summed E-state index contributed by atoms with van der Waals surface area (Å²) in [5, 5.41) is 3.40. The molecule has 6 heteroatoms. The predicted molar refractivity (Wildman–Crippen MR) is 70.4 cm³/mol. The number of carbonyl (C=O) groups excluding carboxylic acids is 2. The monoisotopic (exact) mass is 269 g/mol. The average molecular weight is 270 g/mol. The Morgan fingerprint density at radius 2 is 1.94 bits per heavy atom. The first-order valence-electron chi connectivity index (χ1n) is 5.50. The van der Waals surface area contributed by atoms with Crippen molar-refractivity contribution in [1.29, 1.82) is 0 Å². The van der Waals surface area contributed by atoms with Crippen LogP contribution in [0.5, 0.6) is 0 Å². The molecule has 98 valence electrons. The van der Waals surface area contributed by atoms with E-state index in [1.807, 2.05) is 12.1 Å². The number of urea groups is 1. The largest absolute Gasteiger partial charge is 0.354 e. The van der Waals surface area contributed by atoms with Crippen molar-refractivity contribution < 1.29 is 9.59 Å². The highest BCUT2D eigenvalue weighted by atomic mass is 35.5. The van der Waals surface area contributed by atoms with E-state index in [9.17, 15) is 9.59 Å². The fraction of sp³-hybridized carbons (Fsp3) is 0.333. The molecule has 0 atom stereocenters. The van der Waals surface area contributed by atoms with Crippen LogP contribution in [-0.4, -0.2) is 37.0 Å². The topological polar surface area (TPSA) is 75.4 Å². The molecule has 5 nitrogen and oxygen atoms in total. The molecule has 0 heterocycles. The molecule has 0 aliphatic rings. The third-order valence-electron chi connectivity index (χ3n) is 2.41. The lowest BCUT2D eigenvalue weighted by Gasteiger charge is -2.13. The Labute approximate surface area is 111 Å². The third kappa shape index (κ3) is 5.05. The summed E-state index contributed by atoms with van der Waals surface area (Å²) >= 11 is 5.76. The maximum absolute atomic E-state index is 11.4. The molecule has 0 aromatic heterocycles. The molecule has 0 saturated carbocycles. The van der Waals surface area contributed by atoms with Crippen LogP contribution in [0.3, 0.4) is 0 Å². The number of benzene rings is 1. The first-order chi connectivity index (χ1) is 8.49. The molecule has 0 aliphatic carbocycles. The summed E-state index contributed by atoms with van der Waals surface area (Å²) in [5.74, 6) is -0.231. The number of hydrogen-bond acceptors (Lipinski definition) is 2. The molecule has 1 aromatic rings. The molecule has 3 amide bonds. The molecule has 0 unspecified atom stereocenters. The van der Waals surface area contributed by atoms with E-state index in [0.717, 1.165) is 10.5 Å². The number of nitrogens with zero attached hydrogens (tertiary/aromatic N) is 1. The van der Waals surface area contributed by atoms with Crippen molar-refractivity contribution >= 4 is 23.5 Å². The Kier molecular flexibility index (Phi) is 5.45. The zero-order chi connectivity index (χ0) is 13.5. The van der Waals surface area contributed by atoms with Crippen LogP contribution in [0.1, 0.15) is 5.56 Å². The molecule has 1 aromatic carbocycles. The third-order valence-corrected chi connectivity index (χ3v) is 2.66. The van der Waals surface area contributed by atoms with Crippen LogP contribution < -0.4 is 11.1 Å². The van der Waals surface area contributed by atoms with Gasteiger partial charge in [-0.3, -0.25) is 4.79 Å². The van der Waals surface area contributed by atoms with Gasteiger partial charge in [-0.1, -0.05) is 23.7 Å². The van der Waals surface area contributed by atoms with Crippen molar-refractivity contribution in [2.75, 3.05) is 20.1 Å². The van der Waals surface area contributed by atoms with E-state index in [1.165, 1.54) is 7.05 Å². The number of likely N-dealkylation sites (N-methyl/N-ethyl adjacent to an activating group) is 1. The summed E-state index contributed by atoms with van der Waals surface area (Å²) in [6.07, 6.45) is 0.712. The van der Waals surface area contributed by atoms with Gasteiger partial charge in [-0.15, -0.1) is 0 Å². The Hall–Kier alpha value is -1.75. The van der Waals surface area contributed by atoms with E-state index in [1.54, 1.807) is 12.1 Å². The molecule has 3 N–H and O–H groups in total. The summed E-state index contributed by atoms with van der Waals surface area (Å²) in [7, 11) is 1.47. The van der Waals surface area contributed by atoms with E-state index in [0.29, 0.717) is 18.0 Å². The molecule has 0 spiro atoms. The van der Waals surface area contributed by atoms with Crippen LogP contribution in [0, 0.1) is 0 Å². The van der Waals surface area contributed by atoms with Gasteiger partial charge in [0.2, 0.25) is 5.91 Å². The number of hydrogen-bond donors (Lipinski definition) is 2. The molecular weight excluding hydrogens is 254 g/mol. The lowest BCUT2D eigenvalue weighted by Crippen LogP contribution is -2.41. The molecule has 0 radical (unpaired) electrons. The highest BCUT2D eigenvalue weighted by molar-refractivity contribution is 6.30. The van der Waals surface area contributed by atoms with Gasteiger partial charge in [-0.05, 0) is 24.1 Å². The quantitative estimate of drug-likeness (QED) is 0.837. The normalized spacial score (nSPS) is 9.89. The molecular formula is C12H16ClN3O2. The van der Waals surface area contributed by atoms with E-state index < -0.39 is 6.03 Å². The van der Waals surface area contributed by atoms with Crippen molar-refractivity contribution in [3.05, 3.63) is 34.9 Å². The van der Waals surface area contributed by atoms with Gasteiger partial charge in [0.1, 0.15) is 6.54 Å². The van der Waals surface area contributed by atoms with Crippen molar-refractivity contribution in [3.63, 3.8) is 0 Å². The van der Waals surface area contributed by atoms with Gasteiger partial charge >= 0.3 is 6.03 Å². The summed E-state index contributed by atoms with van der Waals surface area (Å²) < 4.78 is 0. The van der Waals surface area contributed by atoms with E-state index >= 15 is 0 Å². The molecule has 0 fully saturated rings. The van der Waals surface area contributed by atoms with Crippen LogP contribution in [0.4, 0.5) is 4.79 Å². The zero-order valence-corrected chi connectivity index (χ0v) is 10.9. The number of halogens is 1. The second-order valence-corrected chi connectivity index (χ2v) is 4.36. The van der Waals surface area contributed by atoms with Crippen LogP contribution in [0.15, 0.2) is 24.3 Å². The first kappa shape index (κ1) is 14.3. The van der Waals surface area contributed by atoms with Gasteiger partial charge in [0.25, 0.3) is 0 Å². The Balaban J connectivity index is 2.27. The molecule has 18 heavy (non-hydrogen) atoms. The van der Waals surface area contributed by atoms with Crippen molar-refractivity contribution in [2.45, 2.75) is 6.42 Å². The van der Waals surface area contributed by atoms with Gasteiger partial charge in [-0.2, -0.15) is 0 Å². The Morgan fingerprint density at radius 1 is 1.33 bits per heavy atom. The number of amides is 3. The van der Waals surface area contributed by atoms with E-state index in [4.69, 9.17) is 17.3 Å². The molecule has 1 rings (SSSR count). The van der Waals surface area contributed by atoms with Crippen LogP contribution in [-0.2, 0) is 11.2 Å². The fourth-order valence-electron chi connectivity index (χ4n) is 1.35. The maximum Gasteiger partial charge on any atom is 0.314 e. The van der Waals surface area contributed by atoms with Crippen molar-refractivity contribution in [3.8, 4) is 0 Å². The summed E-state index contributed by atoms with van der Waals surface area (Å²) in [4.78, 5) is 23.3. The summed E-state index contributed by atoms with van der Waals surface area (Å²) in [5.41, 5.74) is 6.10. The Bertz CT molecular complexity index is 420. The van der Waals surface area contributed by atoms with Gasteiger partial charge in [-0.25, -0.2) is 4.79 Å². The van der Waals surface area contributed by atoms with Crippen LogP contribution >= 0.6 is 11.6 Å². The summed E-state index contributed by atoms with van der Waals surface area (Å²) in [6.45, 7) is 0.475. The highest BCUT2D eigenvalue weighted by Gasteiger charge is 2.08. The number of primary amides is 1. The SMILES string of the molecule is CN(CC(=O)NCCc1ccc(Cl)cc1)C(N)=O. The van der Waals surface area contributed by atoms with Gasteiger partial charge < -0.3 is 16.0 Å². The number of nitrogens with one attached hydrogen (secondary N) is 1. The highest BCUT2D eigenvalue weighted by Crippen LogP contribution is 2.09. The zero-order valence-electron chi connectivity index (χ0n) is 10.1. The molecule has 0 saturated heterocycles. The minimum absolute atomic E-state index is 0.0318. The standard InChI is InChI=1S/C12H16ClN3O2/c1-16(12(14)18)8-11(17)15-7-6-9-2-4-10(13)5-3-9/h2-5H,6-8H2,1H3,(H2,14,18)(H,15,17). The van der Waals surface area contributed by atoms with E-state index in [-0.39, 0.29) is 12.5 Å². The lowest BCUT2D eigenvalue weighted by atomic mass is 10.1. The van der Waals surface area contributed by atoms with Gasteiger partial charge in [0, 0.05) is 18.6 Å². The number of nitrogens with two attached hydrogens (primary N) is 1. The summed E-state index contributed by atoms with van der Waals surface area (Å²) in [6, 6.07) is 6.80. The lowest BCUT2D eigenvalue weighted by molar-refractivity contribution is -0.121. The fourth-order valence-corrected chi connectivity index (χ4v) is 1.47. The van der Waals surface area contributed by atoms with Gasteiger partial charge in [0.05, 0.1) is 0 Å². The first-order valence-corrected chi connectivity index (χ1v) is 5.88. The van der Waals surface area contributed by atoms with Crippen molar-refractivity contribution in [1.82, 2.24) is 10.2 Å². The molecule has 0 aliphatic heterocycles. The minimum atomic E-state index is -0.622. The smallest absolute Gasteiger partial charge is 0.314 e. The van der Waals surface area contributed by atoms with Crippen LogP contribution in [0.2, 0.25) is 5.02 Å². The Morgan fingerprint density at radius 3 is 2.50 bits per heavy atom. The predicted octanol–water partition coefficient (Wildman–Crippen LogP) is 1.01. The number of carbonyl (C=O) groups is 2. The van der Waals surface area contributed by atoms with E-state index in [2.05, 4.69) is 5.32 Å². The van der Waals surface area contributed by atoms with Gasteiger partial charge in [0.15, 0.2) is 0 Å².